The molecule has 30 heavy (non-hydrogen) atoms. The quantitative estimate of drug-likeness (QED) is 0.625. The summed E-state index contributed by atoms with van der Waals surface area (Å²) in [6.07, 6.45) is 3.41. The van der Waals surface area contributed by atoms with Crippen molar-refractivity contribution >= 4 is 22.8 Å². The zero-order chi connectivity index (χ0) is 21.4. The van der Waals surface area contributed by atoms with Gasteiger partial charge in [0.15, 0.2) is 0 Å². The van der Waals surface area contributed by atoms with Gasteiger partial charge in [0.25, 0.3) is 0 Å². The van der Waals surface area contributed by atoms with Crippen molar-refractivity contribution in [3.63, 3.8) is 0 Å². The van der Waals surface area contributed by atoms with Crippen molar-refractivity contribution in [1.82, 2.24) is 9.47 Å². The van der Waals surface area contributed by atoms with Gasteiger partial charge in [0.2, 0.25) is 5.91 Å². The Bertz CT molecular complexity index is 1130. The van der Waals surface area contributed by atoms with Crippen molar-refractivity contribution in [1.29, 1.82) is 0 Å². The lowest BCUT2D eigenvalue weighted by Gasteiger charge is -2.22. The van der Waals surface area contributed by atoms with E-state index in [0.29, 0.717) is 34.1 Å². The number of carboxylic acids is 1. The maximum absolute atomic E-state index is 14.1. The Morgan fingerprint density at radius 3 is 2.47 bits per heavy atom. The van der Waals surface area contributed by atoms with Crippen LogP contribution in [0.2, 0.25) is 0 Å². The molecule has 1 aliphatic rings. The van der Waals surface area contributed by atoms with Crippen molar-refractivity contribution in [3.8, 4) is 11.1 Å². The molecule has 7 heteroatoms. The van der Waals surface area contributed by atoms with Crippen LogP contribution in [-0.2, 0) is 22.7 Å². The molecule has 1 aromatic heterocycles. The first-order valence-corrected chi connectivity index (χ1v) is 9.95. The average Bonchev–Trinajstić information content (AvgIpc) is 3.49. The van der Waals surface area contributed by atoms with Crippen LogP contribution in [0.4, 0.5) is 8.78 Å². The van der Waals surface area contributed by atoms with Gasteiger partial charge in [-0.1, -0.05) is 6.07 Å². The Hall–Kier alpha value is -3.22. The number of halogens is 2. The number of amides is 1. The molecule has 0 radical (unpaired) electrons. The minimum atomic E-state index is -1.02. The Labute approximate surface area is 172 Å². The lowest BCUT2D eigenvalue weighted by Crippen LogP contribution is -2.31. The topological polar surface area (TPSA) is 62.5 Å². The number of rotatable bonds is 7. The molecule has 1 aliphatic carbocycles. The first-order valence-electron chi connectivity index (χ1n) is 9.95. The van der Waals surface area contributed by atoms with Crippen LogP contribution in [0.3, 0.4) is 0 Å². The number of carboxylic acid groups (broad SMARTS) is 1. The first kappa shape index (κ1) is 20.1. The maximum Gasteiger partial charge on any atom is 0.323 e. The van der Waals surface area contributed by atoms with E-state index in [9.17, 15) is 23.5 Å². The van der Waals surface area contributed by atoms with Gasteiger partial charge in [-0.3, -0.25) is 9.59 Å². The largest absolute Gasteiger partial charge is 0.480 e. The van der Waals surface area contributed by atoms with Crippen molar-refractivity contribution in [2.24, 2.45) is 5.92 Å². The van der Waals surface area contributed by atoms with E-state index in [1.54, 1.807) is 17.2 Å². The second-order valence-corrected chi connectivity index (χ2v) is 7.65. The zero-order valence-corrected chi connectivity index (χ0v) is 16.6. The molecule has 0 spiro atoms. The summed E-state index contributed by atoms with van der Waals surface area (Å²) < 4.78 is 29.6. The first-order chi connectivity index (χ1) is 14.4. The third-order valence-electron chi connectivity index (χ3n) is 5.49. The van der Waals surface area contributed by atoms with Crippen LogP contribution in [0.15, 0.2) is 42.6 Å². The number of aromatic nitrogens is 1. The summed E-state index contributed by atoms with van der Waals surface area (Å²) in [6.45, 7) is 2.34. The molecule has 0 aliphatic heterocycles. The summed E-state index contributed by atoms with van der Waals surface area (Å²) in [5, 5.41) is 9.78. The molecular formula is C23H22F2N2O3. The molecule has 0 bridgehead atoms. The minimum absolute atomic E-state index is 0.0496. The van der Waals surface area contributed by atoms with Crippen LogP contribution in [0.25, 0.3) is 22.0 Å². The highest BCUT2D eigenvalue weighted by Gasteiger charge is 2.33. The lowest BCUT2D eigenvalue weighted by molar-refractivity contribution is -0.137. The molecule has 0 saturated heterocycles. The van der Waals surface area contributed by atoms with Gasteiger partial charge in [0, 0.05) is 41.7 Å². The SMILES string of the molecule is CCN(Cc1cc(F)ccc1-c1cn(CC(=O)O)c2ccc(F)cc12)C(=O)C1CC1. The van der Waals surface area contributed by atoms with Gasteiger partial charge < -0.3 is 14.6 Å². The highest BCUT2D eigenvalue weighted by atomic mass is 19.1. The summed E-state index contributed by atoms with van der Waals surface area (Å²) in [7, 11) is 0. The Morgan fingerprint density at radius 1 is 1.10 bits per heavy atom. The van der Waals surface area contributed by atoms with Crippen LogP contribution < -0.4 is 0 Å². The average molecular weight is 412 g/mol. The summed E-state index contributed by atoms with van der Waals surface area (Å²) in [5.74, 6) is -1.78. The van der Waals surface area contributed by atoms with Crippen molar-refractivity contribution in [2.75, 3.05) is 6.54 Å². The fourth-order valence-electron chi connectivity index (χ4n) is 3.86. The van der Waals surface area contributed by atoms with E-state index in [0.717, 1.165) is 12.8 Å². The second-order valence-electron chi connectivity index (χ2n) is 7.65. The van der Waals surface area contributed by atoms with Gasteiger partial charge in [0.05, 0.1) is 0 Å². The second kappa shape index (κ2) is 7.89. The molecule has 1 fully saturated rings. The molecule has 3 aromatic rings. The smallest absolute Gasteiger partial charge is 0.323 e. The number of hydrogen-bond acceptors (Lipinski definition) is 2. The van der Waals surface area contributed by atoms with E-state index in [4.69, 9.17) is 0 Å². The number of fused-ring (bicyclic) bond motifs is 1. The monoisotopic (exact) mass is 412 g/mol. The van der Waals surface area contributed by atoms with Crippen LogP contribution in [0, 0.1) is 17.6 Å². The van der Waals surface area contributed by atoms with E-state index < -0.39 is 17.6 Å². The van der Waals surface area contributed by atoms with E-state index in [1.165, 1.54) is 34.9 Å². The number of carbonyl (C=O) groups excluding carboxylic acids is 1. The molecule has 2 aromatic carbocycles. The van der Waals surface area contributed by atoms with Crippen molar-refractivity contribution in [3.05, 3.63) is 59.8 Å². The number of hydrogen-bond donors (Lipinski definition) is 1. The third kappa shape index (κ3) is 3.92. The van der Waals surface area contributed by atoms with E-state index >= 15 is 0 Å². The molecule has 1 heterocycles. The predicted octanol–water partition coefficient (Wildman–Crippen LogP) is 4.43. The van der Waals surface area contributed by atoms with Gasteiger partial charge in [-0.25, -0.2) is 8.78 Å². The lowest BCUT2D eigenvalue weighted by atomic mass is 9.98. The van der Waals surface area contributed by atoms with Gasteiger partial charge in [-0.15, -0.1) is 0 Å². The highest BCUT2D eigenvalue weighted by Crippen LogP contribution is 2.36. The summed E-state index contributed by atoms with van der Waals surface area (Å²) in [5.41, 5.74) is 2.43. The van der Waals surface area contributed by atoms with Crippen molar-refractivity contribution < 1.29 is 23.5 Å². The summed E-state index contributed by atoms with van der Waals surface area (Å²) >= 11 is 0. The Morgan fingerprint density at radius 2 is 1.80 bits per heavy atom. The molecule has 0 atom stereocenters. The molecule has 5 nitrogen and oxygen atoms in total. The normalized spacial score (nSPS) is 13.6. The van der Waals surface area contributed by atoms with Crippen LogP contribution >= 0.6 is 0 Å². The number of carbonyl (C=O) groups is 2. The van der Waals surface area contributed by atoms with Gasteiger partial charge >= 0.3 is 5.97 Å². The van der Waals surface area contributed by atoms with Crippen molar-refractivity contribution in [2.45, 2.75) is 32.9 Å². The Balaban J connectivity index is 1.82. The van der Waals surface area contributed by atoms with Gasteiger partial charge in [0.1, 0.15) is 18.2 Å². The van der Waals surface area contributed by atoms with Crippen LogP contribution in [-0.4, -0.2) is 33.0 Å². The fraction of sp³-hybridized carbons (Fsp3) is 0.304. The van der Waals surface area contributed by atoms with E-state index in [-0.39, 0.29) is 24.9 Å². The van der Waals surface area contributed by atoms with Gasteiger partial charge in [-0.2, -0.15) is 0 Å². The Kier molecular flexibility index (Phi) is 5.28. The fourth-order valence-corrected chi connectivity index (χ4v) is 3.86. The molecule has 0 unspecified atom stereocenters. The molecule has 4 rings (SSSR count). The molecule has 1 saturated carbocycles. The molecule has 1 amide bonds. The van der Waals surface area contributed by atoms with E-state index in [2.05, 4.69) is 0 Å². The maximum atomic E-state index is 14.1. The third-order valence-corrected chi connectivity index (χ3v) is 5.49. The number of aliphatic carboxylic acids is 1. The predicted molar refractivity (Wildman–Crippen MR) is 109 cm³/mol. The van der Waals surface area contributed by atoms with Crippen LogP contribution in [0.1, 0.15) is 25.3 Å². The van der Waals surface area contributed by atoms with E-state index in [1.807, 2.05) is 6.92 Å². The van der Waals surface area contributed by atoms with Crippen LogP contribution in [0.5, 0.6) is 0 Å². The molecule has 1 N–H and O–H groups in total. The molecular weight excluding hydrogens is 390 g/mol. The highest BCUT2D eigenvalue weighted by molar-refractivity contribution is 5.97. The minimum Gasteiger partial charge on any atom is -0.480 e. The standard InChI is InChI=1S/C23H22F2N2O3/c1-2-26(23(30)14-3-4-14)11-15-9-16(24)5-7-18(15)20-12-27(13-22(28)29)21-8-6-17(25)10-19(20)21/h5-10,12,14H,2-4,11,13H2,1H3,(H,28,29). The summed E-state index contributed by atoms with van der Waals surface area (Å²) in [6, 6.07) is 8.47. The van der Waals surface area contributed by atoms with Gasteiger partial charge in [-0.05, 0) is 61.2 Å². The number of nitrogens with zero attached hydrogens (tertiary/aromatic N) is 2. The zero-order valence-electron chi connectivity index (χ0n) is 16.6. The summed E-state index contributed by atoms with van der Waals surface area (Å²) in [4.78, 5) is 25.5. The molecule has 156 valence electrons. The number of benzene rings is 2.